The first-order valence-electron chi connectivity index (χ1n) is 13.5. The lowest BCUT2D eigenvalue weighted by molar-refractivity contribution is -0.253. The monoisotopic (exact) mass is 495 g/mol. The van der Waals surface area contributed by atoms with Crippen molar-refractivity contribution in [3.05, 3.63) is 70.8 Å². The largest absolute Gasteiger partial charge is 0.392 e. The minimum atomic E-state index is -0.452. The van der Waals surface area contributed by atoms with Gasteiger partial charge in [0, 0.05) is 31.6 Å². The van der Waals surface area contributed by atoms with E-state index in [1.54, 1.807) is 0 Å². The van der Waals surface area contributed by atoms with Gasteiger partial charge in [-0.25, -0.2) is 4.79 Å². The van der Waals surface area contributed by atoms with E-state index in [-0.39, 0.29) is 24.8 Å². The van der Waals surface area contributed by atoms with Gasteiger partial charge in [-0.15, -0.1) is 0 Å². The number of hydrogen-bond donors (Lipinski definition) is 3. The van der Waals surface area contributed by atoms with Gasteiger partial charge in [0.1, 0.15) is 0 Å². The number of nitrogens with zero attached hydrogens (tertiary/aromatic N) is 1. The number of urea groups is 1. The number of nitrogens with one attached hydrogen (secondary N) is 2. The molecule has 2 aromatic carbocycles. The Hall–Kier alpha value is -2.45. The van der Waals surface area contributed by atoms with Crippen LogP contribution in [0.25, 0.3) is 0 Å². The van der Waals surface area contributed by atoms with Crippen LogP contribution < -0.4 is 10.6 Å². The summed E-state index contributed by atoms with van der Waals surface area (Å²) in [6, 6.07) is 16.0. The van der Waals surface area contributed by atoms with Crippen molar-refractivity contribution in [2.45, 2.75) is 77.1 Å². The molecule has 3 N–H and O–H groups in total. The predicted octanol–water partition coefficient (Wildman–Crippen LogP) is 4.81. The van der Waals surface area contributed by atoms with Gasteiger partial charge in [0.25, 0.3) is 0 Å². The third kappa shape index (κ3) is 7.77. The Balaban J connectivity index is 1.46. The van der Waals surface area contributed by atoms with Crippen molar-refractivity contribution in [3.63, 3.8) is 0 Å². The van der Waals surface area contributed by atoms with Crippen molar-refractivity contribution in [1.29, 1.82) is 0 Å². The van der Waals surface area contributed by atoms with Crippen LogP contribution in [0.5, 0.6) is 0 Å². The van der Waals surface area contributed by atoms with Crippen molar-refractivity contribution in [3.8, 4) is 0 Å². The summed E-state index contributed by atoms with van der Waals surface area (Å²) >= 11 is 0. The Kier molecular flexibility index (Phi) is 10.2. The standard InChI is InChI=1S/C29H41N3O4/c1-2-30-29(34)31-19-22-8-14-25(15-9-22)28-35-26(20-32-16-6-4-3-5-7-17-32)18-27(36-28)24-12-10-23(21-33)11-13-24/h8-15,26-28,33H,2-7,16-21H2,1H3,(H2,30,31,34)/t26-,27+,28+/m1/s1. The molecule has 0 radical (unpaired) electrons. The molecule has 7 heteroatoms. The fourth-order valence-electron chi connectivity index (χ4n) is 5.01. The van der Waals surface area contributed by atoms with Crippen LogP contribution in [0.1, 0.15) is 80.1 Å². The Bertz CT molecular complexity index is 927. The lowest BCUT2D eigenvalue weighted by atomic mass is 9.99. The van der Waals surface area contributed by atoms with Crippen molar-refractivity contribution >= 4 is 6.03 Å². The van der Waals surface area contributed by atoms with Crippen LogP contribution in [0.15, 0.2) is 48.5 Å². The van der Waals surface area contributed by atoms with Crippen LogP contribution >= 0.6 is 0 Å². The van der Waals surface area contributed by atoms with Crippen LogP contribution in [0.2, 0.25) is 0 Å². The van der Waals surface area contributed by atoms with E-state index in [0.717, 1.165) is 48.3 Å². The summed E-state index contributed by atoms with van der Waals surface area (Å²) in [6.45, 7) is 6.19. The Morgan fingerprint density at radius 3 is 2.19 bits per heavy atom. The van der Waals surface area contributed by atoms with Gasteiger partial charge in [-0.2, -0.15) is 0 Å². The number of rotatable bonds is 8. The second-order valence-corrected chi connectivity index (χ2v) is 9.87. The molecule has 2 aliphatic rings. The first-order chi connectivity index (χ1) is 17.6. The molecule has 3 atom stereocenters. The van der Waals surface area contributed by atoms with Gasteiger partial charge in [0.05, 0.1) is 18.8 Å². The third-order valence-electron chi connectivity index (χ3n) is 7.07. The number of likely N-dealkylation sites (tertiary alicyclic amines) is 1. The SMILES string of the molecule is CCNC(=O)NCc1ccc([C@H]2O[C@@H](CN3CCCCCCC3)C[C@@H](c3ccc(CO)cc3)O2)cc1. The minimum Gasteiger partial charge on any atom is -0.392 e. The molecule has 2 heterocycles. The maximum atomic E-state index is 11.7. The number of carbonyl (C=O) groups excluding carboxylic acids is 1. The average Bonchev–Trinajstić information content (AvgIpc) is 2.89. The second-order valence-electron chi connectivity index (χ2n) is 9.87. The van der Waals surface area contributed by atoms with E-state index >= 15 is 0 Å². The molecule has 0 bridgehead atoms. The summed E-state index contributed by atoms with van der Waals surface area (Å²) in [4.78, 5) is 14.3. The summed E-state index contributed by atoms with van der Waals surface area (Å²) in [6.07, 6.45) is 6.84. The van der Waals surface area contributed by atoms with Crippen LogP contribution in [0.4, 0.5) is 4.79 Å². The average molecular weight is 496 g/mol. The number of ether oxygens (including phenoxy) is 2. The molecule has 2 aromatic rings. The zero-order valence-electron chi connectivity index (χ0n) is 21.5. The first kappa shape index (κ1) is 26.6. The highest BCUT2D eigenvalue weighted by atomic mass is 16.7. The third-order valence-corrected chi connectivity index (χ3v) is 7.07. The van der Waals surface area contributed by atoms with Crippen LogP contribution in [0, 0.1) is 0 Å². The number of benzene rings is 2. The fraction of sp³-hybridized carbons (Fsp3) is 0.552. The summed E-state index contributed by atoms with van der Waals surface area (Å²) in [7, 11) is 0. The highest BCUT2D eigenvalue weighted by Gasteiger charge is 2.33. The predicted molar refractivity (Wildman–Crippen MR) is 140 cm³/mol. The summed E-state index contributed by atoms with van der Waals surface area (Å²) in [5.74, 6) is 0. The van der Waals surface area contributed by atoms with Crippen LogP contribution in [-0.2, 0) is 22.6 Å². The van der Waals surface area contributed by atoms with Gasteiger partial charge in [-0.1, -0.05) is 67.8 Å². The highest BCUT2D eigenvalue weighted by molar-refractivity contribution is 5.73. The molecule has 2 saturated heterocycles. The van der Waals surface area contributed by atoms with Gasteiger partial charge >= 0.3 is 6.03 Å². The quantitative estimate of drug-likeness (QED) is 0.490. The van der Waals surface area contributed by atoms with E-state index in [0.29, 0.717) is 13.1 Å². The zero-order valence-corrected chi connectivity index (χ0v) is 21.5. The maximum Gasteiger partial charge on any atom is 0.315 e. The van der Waals surface area contributed by atoms with E-state index in [4.69, 9.17) is 9.47 Å². The summed E-state index contributed by atoms with van der Waals surface area (Å²) in [5, 5.41) is 15.0. The van der Waals surface area contributed by atoms with E-state index in [1.807, 2.05) is 43.3 Å². The number of aliphatic hydroxyl groups excluding tert-OH is 1. The Morgan fingerprint density at radius 1 is 0.889 bits per heavy atom. The summed E-state index contributed by atoms with van der Waals surface area (Å²) in [5.41, 5.74) is 4.01. The molecule has 36 heavy (non-hydrogen) atoms. The lowest BCUT2D eigenvalue weighted by Gasteiger charge is -2.38. The second kappa shape index (κ2) is 13.7. The number of carbonyl (C=O) groups is 1. The molecule has 7 nitrogen and oxygen atoms in total. The normalized spacial score (nSPS) is 23.4. The molecule has 0 spiro atoms. The Morgan fingerprint density at radius 2 is 1.53 bits per heavy atom. The molecule has 196 valence electrons. The molecule has 2 amide bonds. The van der Waals surface area contributed by atoms with Gasteiger partial charge in [0.2, 0.25) is 0 Å². The van der Waals surface area contributed by atoms with Gasteiger partial charge in [-0.3, -0.25) is 0 Å². The van der Waals surface area contributed by atoms with Crippen molar-refractivity contribution in [1.82, 2.24) is 15.5 Å². The van der Waals surface area contributed by atoms with E-state index in [1.165, 1.54) is 32.1 Å². The molecule has 2 aliphatic heterocycles. The molecule has 4 rings (SSSR count). The van der Waals surface area contributed by atoms with Crippen molar-refractivity contribution in [2.75, 3.05) is 26.2 Å². The van der Waals surface area contributed by atoms with Gasteiger partial charge < -0.3 is 30.1 Å². The van der Waals surface area contributed by atoms with Crippen LogP contribution in [-0.4, -0.2) is 48.3 Å². The zero-order chi connectivity index (χ0) is 25.2. The van der Waals surface area contributed by atoms with E-state index in [9.17, 15) is 9.90 Å². The molecule has 0 aromatic heterocycles. The maximum absolute atomic E-state index is 11.7. The number of amides is 2. The lowest BCUT2D eigenvalue weighted by Crippen LogP contribution is -2.40. The molecule has 0 saturated carbocycles. The Labute approximate surface area is 215 Å². The molecular formula is C29H41N3O4. The van der Waals surface area contributed by atoms with Gasteiger partial charge in [-0.05, 0) is 49.5 Å². The first-order valence-corrected chi connectivity index (χ1v) is 13.5. The van der Waals surface area contributed by atoms with Crippen molar-refractivity contribution in [2.24, 2.45) is 0 Å². The molecule has 2 fully saturated rings. The van der Waals surface area contributed by atoms with Crippen molar-refractivity contribution < 1.29 is 19.4 Å². The number of hydrogen-bond acceptors (Lipinski definition) is 5. The van der Waals surface area contributed by atoms with E-state index < -0.39 is 6.29 Å². The molecule has 0 aliphatic carbocycles. The fourth-order valence-corrected chi connectivity index (χ4v) is 5.01. The minimum absolute atomic E-state index is 0.0381. The van der Waals surface area contributed by atoms with E-state index in [2.05, 4.69) is 27.7 Å². The van der Waals surface area contributed by atoms with Gasteiger partial charge in [0.15, 0.2) is 6.29 Å². The smallest absolute Gasteiger partial charge is 0.315 e. The molecule has 0 unspecified atom stereocenters. The topological polar surface area (TPSA) is 83.1 Å². The number of aliphatic hydroxyl groups is 1. The summed E-state index contributed by atoms with van der Waals surface area (Å²) < 4.78 is 13.0. The van der Waals surface area contributed by atoms with Crippen LogP contribution in [0.3, 0.4) is 0 Å². The highest BCUT2D eigenvalue weighted by Crippen LogP contribution is 2.38. The molecular weight excluding hydrogens is 454 g/mol.